The number of anilines is 1. The Kier molecular flexibility index (Phi) is 4.52. The van der Waals surface area contributed by atoms with Crippen molar-refractivity contribution >= 4 is 29.2 Å². The van der Waals surface area contributed by atoms with Crippen molar-refractivity contribution in [3.63, 3.8) is 0 Å². The average molecular weight is 274 g/mol. The van der Waals surface area contributed by atoms with Crippen molar-refractivity contribution in [1.29, 1.82) is 0 Å². The summed E-state index contributed by atoms with van der Waals surface area (Å²) in [6.07, 6.45) is -1.85. The van der Waals surface area contributed by atoms with E-state index in [-0.39, 0.29) is 22.0 Å². The van der Waals surface area contributed by atoms with Crippen molar-refractivity contribution in [2.75, 3.05) is 12.4 Å². The summed E-state index contributed by atoms with van der Waals surface area (Å²) >= 11 is 5.85. The van der Waals surface area contributed by atoms with Gasteiger partial charge in [0.25, 0.3) is 0 Å². The fourth-order valence-corrected chi connectivity index (χ4v) is 1.70. The Hall–Kier alpha value is -1.79. The van der Waals surface area contributed by atoms with Gasteiger partial charge in [0.05, 0.1) is 12.8 Å². The van der Waals surface area contributed by atoms with Crippen LogP contribution in [0.15, 0.2) is 12.1 Å². The third-order valence-corrected chi connectivity index (χ3v) is 2.51. The monoisotopic (exact) mass is 273 g/mol. The van der Waals surface area contributed by atoms with Crippen molar-refractivity contribution in [2.45, 2.75) is 13.0 Å². The number of carbonyl (C=O) groups excluding carboxylic acids is 1. The van der Waals surface area contributed by atoms with Crippen LogP contribution in [0.1, 0.15) is 18.6 Å². The van der Waals surface area contributed by atoms with Crippen molar-refractivity contribution in [3.8, 4) is 5.75 Å². The molecule has 0 fully saturated rings. The third kappa shape index (κ3) is 2.91. The molecule has 0 saturated heterocycles. The smallest absolute Gasteiger partial charge is 0.337 e. The van der Waals surface area contributed by atoms with Crippen LogP contribution in [0.2, 0.25) is 5.02 Å². The average Bonchev–Trinajstić information content (AvgIpc) is 2.28. The number of amides is 1. The van der Waals surface area contributed by atoms with E-state index in [1.165, 1.54) is 26.2 Å². The van der Waals surface area contributed by atoms with Crippen LogP contribution >= 0.6 is 11.6 Å². The quantitative estimate of drug-likeness (QED) is 0.771. The number of aliphatic carboxylic acids is 1. The van der Waals surface area contributed by atoms with Crippen molar-refractivity contribution in [2.24, 2.45) is 0 Å². The van der Waals surface area contributed by atoms with Crippen LogP contribution in [0.5, 0.6) is 5.75 Å². The second-order valence-corrected chi connectivity index (χ2v) is 3.87. The molecule has 0 aliphatic rings. The molecule has 98 valence electrons. The Labute approximate surface area is 108 Å². The molecule has 0 saturated carbocycles. The van der Waals surface area contributed by atoms with E-state index in [1.54, 1.807) is 0 Å². The van der Waals surface area contributed by atoms with Gasteiger partial charge in [0.15, 0.2) is 6.10 Å². The van der Waals surface area contributed by atoms with E-state index in [4.69, 9.17) is 21.4 Å². The third-order valence-electron chi connectivity index (χ3n) is 2.18. The van der Waals surface area contributed by atoms with Gasteiger partial charge in [-0.15, -0.1) is 0 Å². The first-order chi connectivity index (χ1) is 8.38. The van der Waals surface area contributed by atoms with E-state index >= 15 is 0 Å². The fourth-order valence-electron chi connectivity index (χ4n) is 1.44. The predicted molar refractivity (Wildman–Crippen MR) is 64.9 cm³/mol. The summed E-state index contributed by atoms with van der Waals surface area (Å²) in [5, 5.41) is 20.8. The summed E-state index contributed by atoms with van der Waals surface area (Å²) < 4.78 is 4.99. The van der Waals surface area contributed by atoms with Gasteiger partial charge < -0.3 is 20.3 Å². The Morgan fingerprint density at radius 1 is 1.44 bits per heavy atom. The van der Waals surface area contributed by atoms with Gasteiger partial charge in [-0.3, -0.25) is 4.79 Å². The maximum Gasteiger partial charge on any atom is 0.337 e. The molecule has 0 radical (unpaired) electrons. The molecule has 0 aliphatic heterocycles. The van der Waals surface area contributed by atoms with Gasteiger partial charge in [0, 0.05) is 17.5 Å². The number of halogens is 1. The van der Waals surface area contributed by atoms with Crippen LogP contribution in [0.4, 0.5) is 5.69 Å². The molecule has 0 heterocycles. The molecular formula is C11H12ClNO5. The van der Waals surface area contributed by atoms with E-state index in [9.17, 15) is 14.7 Å². The minimum Gasteiger partial charge on any atom is -0.495 e. The minimum atomic E-state index is -1.85. The second-order valence-electron chi connectivity index (χ2n) is 3.46. The standard InChI is InChI=1S/C11H12ClNO5/c1-5(14)13-9-7(18-2)4-3-6(12)8(9)10(15)11(16)17/h3-4,10,15H,1-2H3,(H,13,14)(H,16,17). The Morgan fingerprint density at radius 2 is 2.06 bits per heavy atom. The van der Waals surface area contributed by atoms with Gasteiger partial charge in [-0.2, -0.15) is 0 Å². The lowest BCUT2D eigenvalue weighted by Crippen LogP contribution is -2.16. The van der Waals surface area contributed by atoms with Crippen LogP contribution in [0, 0.1) is 0 Å². The largest absolute Gasteiger partial charge is 0.495 e. The molecule has 0 bridgehead atoms. The number of hydrogen-bond acceptors (Lipinski definition) is 4. The molecule has 1 aromatic carbocycles. The highest BCUT2D eigenvalue weighted by molar-refractivity contribution is 6.32. The number of hydrogen-bond donors (Lipinski definition) is 3. The van der Waals surface area contributed by atoms with E-state index in [1.807, 2.05) is 0 Å². The van der Waals surface area contributed by atoms with Crippen LogP contribution < -0.4 is 10.1 Å². The Bertz CT molecular complexity index is 489. The molecular weight excluding hydrogens is 262 g/mol. The lowest BCUT2D eigenvalue weighted by atomic mass is 10.1. The number of benzene rings is 1. The molecule has 0 aromatic heterocycles. The summed E-state index contributed by atoms with van der Waals surface area (Å²) in [7, 11) is 1.35. The van der Waals surface area contributed by atoms with Gasteiger partial charge in [-0.25, -0.2) is 4.79 Å². The van der Waals surface area contributed by atoms with Gasteiger partial charge in [0.2, 0.25) is 5.91 Å². The summed E-state index contributed by atoms with van der Waals surface area (Å²) in [4.78, 5) is 21.9. The molecule has 1 unspecified atom stereocenters. The van der Waals surface area contributed by atoms with Crippen molar-refractivity contribution in [3.05, 3.63) is 22.7 Å². The zero-order valence-corrected chi connectivity index (χ0v) is 10.5. The zero-order valence-electron chi connectivity index (χ0n) is 9.73. The number of aliphatic hydroxyl groups excluding tert-OH is 1. The number of rotatable bonds is 4. The van der Waals surface area contributed by atoms with E-state index < -0.39 is 18.0 Å². The number of carbonyl (C=O) groups is 2. The van der Waals surface area contributed by atoms with Gasteiger partial charge in [0.1, 0.15) is 5.75 Å². The number of ether oxygens (including phenoxy) is 1. The number of nitrogens with one attached hydrogen (secondary N) is 1. The van der Waals surface area contributed by atoms with Crippen LogP contribution in [-0.4, -0.2) is 29.2 Å². The van der Waals surface area contributed by atoms with Crippen molar-refractivity contribution in [1.82, 2.24) is 0 Å². The summed E-state index contributed by atoms with van der Waals surface area (Å²) in [5.74, 6) is -1.70. The minimum absolute atomic E-state index is 0.0226. The molecule has 0 aliphatic carbocycles. The van der Waals surface area contributed by atoms with E-state index in [0.29, 0.717) is 0 Å². The van der Waals surface area contributed by atoms with Gasteiger partial charge in [-0.1, -0.05) is 11.6 Å². The summed E-state index contributed by atoms with van der Waals surface area (Å²) in [5.41, 5.74) is -0.0638. The number of carboxylic acids is 1. The van der Waals surface area contributed by atoms with Crippen molar-refractivity contribution < 1.29 is 24.5 Å². The topological polar surface area (TPSA) is 95.9 Å². The Morgan fingerprint density at radius 3 is 2.50 bits per heavy atom. The van der Waals surface area contributed by atoms with Gasteiger partial charge in [-0.05, 0) is 12.1 Å². The van der Waals surface area contributed by atoms with Crippen LogP contribution in [0.25, 0.3) is 0 Å². The highest BCUT2D eigenvalue weighted by Crippen LogP contribution is 2.37. The lowest BCUT2D eigenvalue weighted by molar-refractivity contribution is -0.146. The molecule has 7 heteroatoms. The van der Waals surface area contributed by atoms with Gasteiger partial charge >= 0.3 is 5.97 Å². The second kappa shape index (κ2) is 5.70. The summed E-state index contributed by atoms with van der Waals surface area (Å²) in [6, 6.07) is 2.85. The van der Waals surface area contributed by atoms with Crippen LogP contribution in [0.3, 0.4) is 0 Å². The molecule has 3 N–H and O–H groups in total. The maximum absolute atomic E-state index is 11.1. The highest BCUT2D eigenvalue weighted by atomic mass is 35.5. The SMILES string of the molecule is COc1ccc(Cl)c(C(O)C(=O)O)c1NC(C)=O. The predicted octanol–water partition coefficient (Wildman–Crippen LogP) is 1.42. The highest BCUT2D eigenvalue weighted by Gasteiger charge is 2.25. The van der Waals surface area contributed by atoms with Crippen LogP contribution in [-0.2, 0) is 9.59 Å². The number of carboxylic acid groups (broad SMARTS) is 1. The van der Waals surface area contributed by atoms with E-state index in [2.05, 4.69) is 5.32 Å². The van der Waals surface area contributed by atoms with E-state index in [0.717, 1.165) is 0 Å². The maximum atomic E-state index is 11.1. The first kappa shape index (κ1) is 14.3. The molecule has 0 spiro atoms. The molecule has 6 nitrogen and oxygen atoms in total. The molecule has 18 heavy (non-hydrogen) atoms. The fraction of sp³-hybridized carbons (Fsp3) is 0.273. The molecule has 1 atom stereocenters. The zero-order chi connectivity index (χ0) is 13.9. The molecule has 1 aromatic rings. The molecule has 1 amide bonds. The molecule has 1 rings (SSSR count). The lowest BCUT2D eigenvalue weighted by Gasteiger charge is -2.17. The number of aliphatic hydroxyl groups is 1. The summed E-state index contributed by atoms with van der Waals surface area (Å²) in [6.45, 7) is 1.25. The number of methoxy groups -OCH3 is 1. The first-order valence-corrected chi connectivity index (χ1v) is 5.31. The normalized spacial score (nSPS) is 11.8. The Balaban J connectivity index is 3.44. The first-order valence-electron chi connectivity index (χ1n) is 4.93.